The maximum Gasteiger partial charge on any atom is 0.0359 e. The van der Waals surface area contributed by atoms with E-state index in [4.69, 9.17) is 5.73 Å². The molecule has 0 aliphatic carbocycles. The molecule has 0 aromatic carbocycles. The fraction of sp³-hybridized carbons (Fsp3) is 1.00. The first-order valence-electron chi connectivity index (χ1n) is 4.48. The lowest BCUT2D eigenvalue weighted by atomic mass is 10.2. The summed E-state index contributed by atoms with van der Waals surface area (Å²) in [6.07, 6.45) is 4.22. The number of likely N-dealkylation sites (tertiary alicyclic amines) is 1. The molecule has 1 fully saturated rings. The molecule has 0 bridgehead atoms. The highest BCUT2D eigenvalue weighted by molar-refractivity contribution is 7.84. The Kier molecular flexibility index (Phi) is 4.18. The van der Waals surface area contributed by atoms with E-state index < -0.39 is 10.8 Å². The summed E-state index contributed by atoms with van der Waals surface area (Å²) in [5.41, 5.74) is 5.61. The minimum absolute atomic E-state index is 0.550. The lowest BCUT2D eigenvalue weighted by molar-refractivity contribution is 0.274. The van der Waals surface area contributed by atoms with Gasteiger partial charge in [0.15, 0.2) is 0 Å². The lowest BCUT2D eigenvalue weighted by Crippen LogP contribution is -2.37. The van der Waals surface area contributed by atoms with Crippen LogP contribution in [0.5, 0.6) is 0 Å². The van der Waals surface area contributed by atoms with Crippen molar-refractivity contribution in [3.8, 4) is 0 Å². The number of nitrogens with zero attached hydrogens (tertiary/aromatic N) is 1. The van der Waals surface area contributed by atoms with Crippen molar-refractivity contribution in [1.29, 1.82) is 0 Å². The Morgan fingerprint density at radius 2 is 2.42 bits per heavy atom. The van der Waals surface area contributed by atoms with E-state index in [1.165, 1.54) is 12.8 Å². The molecule has 0 aromatic rings. The zero-order valence-electron chi connectivity index (χ0n) is 7.66. The molecule has 1 heterocycles. The Morgan fingerprint density at radius 3 is 3.00 bits per heavy atom. The van der Waals surface area contributed by atoms with Crippen molar-refractivity contribution in [2.24, 2.45) is 5.73 Å². The van der Waals surface area contributed by atoms with E-state index in [1.807, 2.05) is 0 Å². The van der Waals surface area contributed by atoms with Crippen LogP contribution in [-0.4, -0.2) is 46.8 Å². The summed E-state index contributed by atoms with van der Waals surface area (Å²) in [5.74, 6) is 0.788. The molecule has 1 aliphatic rings. The Bertz CT molecular complexity index is 163. The third-order valence-corrected chi connectivity index (χ3v) is 3.19. The average molecular weight is 190 g/mol. The maximum absolute atomic E-state index is 10.8. The predicted octanol–water partition coefficient (Wildman–Crippen LogP) is -0.212. The molecule has 12 heavy (non-hydrogen) atoms. The zero-order chi connectivity index (χ0) is 8.97. The van der Waals surface area contributed by atoms with Crippen LogP contribution >= 0.6 is 0 Å². The fourth-order valence-electron chi connectivity index (χ4n) is 1.70. The van der Waals surface area contributed by atoms with Crippen LogP contribution in [0, 0.1) is 0 Å². The van der Waals surface area contributed by atoms with Crippen LogP contribution in [-0.2, 0) is 10.8 Å². The average Bonchev–Trinajstić information content (AvgIpc) is 2.47. The van der Waals surface area contributed by atoms with Crippen molar-refractivity contribution in [3.05, 3.63) is 0 Å². The van der Waals surface area contributed by atoms with Crippen molar-refractivity contribution in [2.45, 2.75) is 18.9 Å². The molecule has 4 heteroatoms. The van der Waals surface area contributed by atoms with Crippen molar-refractivity contribution < 1.29 is 4.21 Å². The van der Waals surface area contributed by atoms with E-state index in [1.54, 1.807) is 6.26 Å². The van der Waals surface area contributed by atoms with Gasteiger partial charge in [0.2, 0.25) is 0 Å². The van der Waals surface area contributed by atoms with Gasteiger partial charge in [0, 0.05) is 41.9 Å². The first-order valence-corrected chi connectivity index (χ1v) is 6.21. The van der Waals surface area contributed by atoms with E-state index >= 15 is 0 Å². The molecule has 3 nitrogen and oxygen atoms in total. The van der Waals surface area contributed by atoms with Gasteiger partial charge < -0.3 is 5.73 Å². The van der Waals surface area contributed by atoms with Crippen LogP contribution in [0.2, 0.25) is 0 Å². The summed E-state index contributed by atoms with van der Waals surface area (Å²) >= 11 is 0. The van der Waals surface area contributed by atoms with Crippen LogP contribution in [0.4, 0.5) is 0 Å². The standard InChI is InChI=1S/C8H18N2OS/c1-12(11)6-5-10-4-2-3-8(10)7-9/h8H,2-7,9H2,1H3. The number of rotatable bonds is 4. The molecule has 0 amide bonds. The minimum Gasteiger partial charge on any atom is -0.329 e. The molecule has 2 atom stereocenters. The normalized spacial score (nSPS) is 27.7. The van der Waals surface area contributed by atoms with Crippen LogP contribution in [0.15, 0.2) is 0 Å². The van der Waals surface area contributed by atoms with Gasteiger partial charge in [-0.15, -0.1) is 0 Å². The molecule has 0 aromatic heterocycles. The molecule has 0 spiro atoms. The Labute approximate surface area is 76.8 Å². The van der Waals surface area contributed by atoms with Crippen LogP contribution in [0.25, 0.3) is 0 Å². The van der Waals surface area contributed by atoms with E-state index in [0.29, 0.717) is 6.04 Å². The van der Waals surface area contributed by atoms with Gasteiger partial charge >= 0.3 is 0 Å². The summed E-state index contributed by atoms with van der Waals surface area (Å²) in [6, 6.07) is 0.550. The van der Waals surface area contributed by atoms with Gasteiger partial charge in [0.05, 0.1) is 0 Å². The molecule has 2 unspecified atom stereocenters. The van der Waals surface area contributed by atoms with E-state index in [9.17, 15) is 4.21 Å². The van der Waals surface area contributed by atoms with E-state index in [2.05, 4.69) is 4.90 Å². The highest BCUT2D eigenvalue weighted by Gasteiger charge is 2.22. The Morgan fingerprint density at radius 1 is 1.67 bits per heavy atom. The topological polar surface area (TPSA) is 46.3 Å². The smallest absolute Gasteiger partial charge is 0.0359 e. The number of hydrogen-bond donors (Lipinski definition) is 1. The summed E-state index contributed by atoms with van der Waals surface area (Å²) in [5, 5.41) is 0. The highest BCUT2D eigenvalue weighted by Crippen LogP contribution is 2.15. The number of nitrogens with two attached hydrogens (primary N) is 1. The summed E-state index contributed by atoms with van der Waals surface area (Å²) in [4.78, 5) is 2.36. The Hall–Kier alpha value is 0.0700. The molecule has 0 saturated carbocycles. The molecule has 72 valence electrons. The molecule has 2 N–H and O–H groups in total. The molecule has 1 rings (SSSR count). The van der Waals surface area contributed by atoms with Crippen LogP contribution in [0.1, 0.15) is 12.8 Å². The van der Waals surface area contributed by atoms with Gasteiger partial charge in [0.25, 0.3) is 0 Å². The van der Waals surface area contributed by atoms with Crippen LogP contribution < -0.4 is 5.73 Å². The second-order valence-electron chi connectivity index (χ2n) is 3.35. The summed E-state index contributed by atoms with van der Waals surface area (Å²) in [6.45, 7) is 2.83. The SMILES string of the molecule is CS(=O)CCN1CCCC1CN. The van der Waals surface area contributed by atoms with E-state index in [-0.39, 0.29) is 0 Å². The maximum atomic E-state index is 10.8. The van der Waals surface area contributed by atoms with Gasteiger partial charge in [-0.2, -0.15) is 0 Å². The third kappa shape index (κ3) is 2.84. The second-order valence-corrected chi connectivity index (χ2v) is 4.90. The summed E-state index contributed by atoms with van der Waals surface area (Å²) in [7, 11) is -0.661. The van der Waals surface area contributed by atoms with E-state index in [0.717, 1.165) is 25.4 Å². The fourth-order valence-corrected chi connectivity index (χ4v) is 2.19. The third-order valence-electron chi connectivity index (χ3n) is 2.44. The van der Waals surface area contributed by atoms with Gasteiger partial charge in [-0.25, -0.2) is 0 Å². The second kappa shape index (κ2) is 4.94. The predicted molar refractivity (Wildman–Crippen MR) is 52.6 cm³/mol. The molecular formula is C8H18N2OS. The van der Waals surface area contributed by atoms with Crippen molar-refractivity contribution in [1.82, 2.24) is 4.90 Å². The summed E-state index contributed by atoms with van der Waals surface area (Å²) < 4.78 is 10.8. The monoisotopic (exact) mass is 190 g/mol. The quantitative estimate of drug-likeness (QED) is 0.667. The number of hydrogen-bond acceptors (Lipinski definition) is 3. The van der Waals surface area contributed by atoms with Gasteiger partial charge in [-0.05, 0) is 19.4 Å². The first kappa shape index (κ1) is 10.2. The molecule has 1 saturated heterocycles. The van der Waals surface area contributed by atoms with Crippen molar-refractivity contribution >= 4 is 10.8 Å². The first-order chi connectivity index (χ1) is 5.74. The molecular weight excluding hydrogens is 172 g/mol. The van der Waals surface area contributed by atoms with Gasteiger partial charge in [-0.3, -0.25) is 9.11 Å². The van der Waals surface area contributed by atoms with Gasteiger partial charge in [0.1, 0.15) is 0 Å². The Balaban J connectivity index is 2.26. The van der Waals surface area contributed by atoms with Crippen LogP contribution in [0.3, 0.4) is 0 Å². The largest absolute Gasteiger partial charge is 0.329 e. The minimum atomic E-state index is -0.661. The van der Waals surface area contributed by atoms with Gasteiger partial charge in [-0.1, -0.05) is 0 Å². The zero-order valence-corrected chi connectivity index (χ0v) is 8.48. The van der Waals surface area contributed by atoms with Crippen molar-refractivity contribution in [2.75, 3.05) is 31.6 Å². The lowest BCUT2D eigenvalue weighted by Gasteiger charge is -2.22. The molecule has 1 aliphatic heterocycles. The van der Waals surface area contributed by atoms with Crippen molar-refractivity contribution in [3.63, 3.8) is 0 Å². The molecule has 0 radical (unpaired) electrons. The highest BCUT2D eigenvalue weighted by atomic mass is 32.2.